The van der Waals surface area contributed by atoms with Crippen molar-refractivity contribution in [2.45, 2.75) is 51.9 Å². The first kappa shape index (κ1) is 22.9. The first-order valence-electron chi connectivity index (χ1n) is 11.9. The van der Waals surface area contributed by atoms with Gasteiger partial charge < -0.3 is 21.2 Å². The summed E-state index contributed by atoms with van der Waals surface area (Å²) in [6.45, 7) is 9.58. The zero-order valence-corrected chi connectivity index (χ0v) is 20.8. The SMILES string of the molecule is Cc1c(C2CCN(CC(N)=O)CC2)sc2[nH]c(-c3cnc(N=CN)c4c3CCO4)c(C(C)C)c12. The molecule has 0 spiro atoms. The van der Waals surface area contributed by atoms with E-state index in [0.29, 0.717) is 30.8 Å². The maximum Gasteiger partial charge on any atom is 0.231 e. The quantitative estimate of drug-likeness (QED) is 0.364. The van der Waals surface area contributed by atoms with Gasteiger partial charge in [0, 0.05) is 34.0 Å². The number of rotatable bonds is 6. The monoisotopic (exact) mass is 480 g/mol. The Hall–Kier alpha value is -2.91. The highest BCUT2D eigenvalue weighted by atomic mass is 32.1. The van der Waals surface area contributed by atoms with Crippen LogP contribution in [0.15, 0.2) is 11.2 Å². The Balaban J connectivity index is 1.54. The lowest BCUT2D eigenvalue weighted by Gasteiger charge is -2.31. The number of aromatic amines is 1. The average Bonchev–Trinajstić information content (AvgIpc) is 3.50. The number of nitrogens with zero attached hydrogens (tertiary/aromatic N) is 3. The molecule has 2 aliphatic heterocycles. The molecule has 0 aromatic carbocycles. The Kier molecular flexibility index (Phi) is 6.07. The van der Waals surface area contributed by atoms with Gasteiger partial charge in [0.25, 0.3) is 0 Å². The highest BCUT2D eigenvalue weighted by Crippen LogP contribution is 2.48. The Morgan fingerprint density at radius 3 is 2.85 bits per heavy atom. The van der Waals surface area contributed by atoms with Crippen molar-refractivity contribution in [1.82, 2.24) is 14.9 Å². The summed E-state index contributed by atoms with van der Waals surface area (Å²) >= 11 is 1.88. The maximum absolute atomic E-state index is 11.3. The number of amides is 1. The number of carbonyl (C=O) groups is 1. The normalized spacial score (nSPS) is 17.2. The predicted molar refractivity (Wildman–Crippen MR) is 137 cm³/mol. The molecule has 0 aliphatic carbocycles. The summed E-state index contributed by atoms with van der Waals surface area (Å²) in [5.41, 5.74) is 17.0. The molecule has 1 amide bonds. The molecule has 3 aromatic heterocycles. The molecule has 1 saturated heterocycles. The topological polar surface area (TPSA) is 123 Å². The summed E-state index contributed by atoms with van der Waals surface area (Å²) < 4.78 is 5.88. The van der Waals surface area contributed by atoms with Crippen LogP contribution in [0.3, 0.4) is 0 Å². The number of hydrogen-bond acceptors (Lipinski definition) is 6. The molecule has 5 heterocycles. The number of likely N-dealkylation sites (tertiary alicyclic amines) is 1. The van der Waals surface area contributed by atoms with E-state index < -0.39 is 0 Å². The maximum atomic E-state index is 11.3. The van der Waals surface area contributed by atoms with Crippen molar-refractivity contribution in [3.8, 4) is 17.0 Å². The molecule has 0 saturated carbocycles. The van der Waals surface area contributed by atoms with Crippen molar-refractivity contribution < 1.29 is 9.53 Å². The van der Waals surface area contributed by atoms with E-state index >= 15 is 0 Å². The van der Waals surface area contributed by atoms with E-state index in [2.05, 4.69) is 40.6 Å². The number of aryl methyl sites for hydroxylation is 1. The second-order valence-corrected chi connectivity index (χ2v) is 10.6. The summed E-state index contributed by atoms with van der Waals surface area (Å²) in [7, 11) is 0. The second kappa shape index (κ2) is 9.03. The van der Waals surface area contributed by atoms with Gasteiger partial charge in [0.05, 0.1) is 25.2 Å². The summed E-state index contributed by atoms with van der Waals surface area (Å²) in [5.74, 6) is 1.90. The Morgan fingerprint density at radius 2 is 2.18 bits per heavy atom. The van der Waals surface area contributed by atoms with Gasteiger partial charge in [0.15, 0.2) is 11.6 Å². The van der Waals surface area contributed by atoms with Gasteiger partial charge in [-0.05, 0) is 55.8 Å². The third-order valence-electron chi connectivity index (χ3n) is 7.06. The standard InChI is InChI=1S/C25H32N6O2S/c1-13(2)19-20-14(3)23(15-4-7-31(8-5-15)11-18(27)32)34-25(20)30-21(19)17-10-28-24(29-12-26)22-16(17)6-9-33-22/h10,12-13,15,30H,4-9,11H2,1-3H3,(H2,27,32)(H2,26,28,29). The van der Waals surface area contributed by atoms with Gasteiger partial charge in [-0.15, -0.1) is 11.3 Å². The lowest BCUT2D eigenvalue weighted by atomic mass is 9.90. The van der Waals surface area contributed by atoms with Crippen molar-refractivity contribution in [1.29, 1.82) is 0 Å². The van der Waals surface area contributed by atoms with Crippen LogP contribution < -0.4 is 16.2 Å². The highest BCUT2D eigenvalue weighted by molar-refractivity contribution is 7.19. The average molecular weight is 481 g/mol. The molecule has 5 rings (SSSR count). The minimum atomic E-state index is -0.248. The molecule has 5 N–H and O–H groups in total. The van der Waals surface area contributed by atoms with Crippen LogP contribution in [0.5, 0.6) is 5.75 Å². The Bertz CT molecular complexity index is 1270. The molecule has 34 heavy (non-hydrogen) atoms. The number of nitrogens with two attached hydrogens (primary N) is 2. The van der Waals surface area contributed by atoms with E-state index in [0.717, 1.165) is 54.9 Å². The van der Waals surface area contributed by atoms with Crippen molar-refractivity contribution in [3.63, 3.8) is 0 Å². The van der Waals surface area contributed by atoms with Crippen LogP contribution in [0, 0.1) is 6.92 Å². The van der Waals surface area contributed by atoms with E-state index in [1.54, 1.807) is 0 Å². The molecule has 9 heteroatoms. The highest BCUT2D eigenvalue weighted by Gasteiger charge is 2.30. The van der Waals surface area contributed by atoms with Crippen molar-refractivity contribution in [2.75, 3.05) is 26.2 Å². The lowest BCUT2D eigenvalue weighted by molar-refractivity contribution is -0.119. The van der Waals surface area contributed by atoms with Crippen LogP contribution >= 0.6 is 11.3 Å². The van der Waals surface area contributed by atoms with E-state index in [4.69, 9.17) is 16.2 Å². The summed E-state index contributed by atoms with van der Waals surface area (Å²) in [6.07, 6.45) is 6.11. The van der Waals surface area contributed by atoms with Crippen molar-refractivity contribution in [3.05, 3.63) is 27.8 Å². The van der Waals surface area contributed by atoms with Crippen LogP contribution in [0.2, 0.25) is 0 Å². The fourth-order valence-corrected chi connectivity index (χ4v) is 6.95. The van der Waals surface area contributed by atoms with Gasteiger partial charge >= 0.3 is 0 Å². The number of carbonyl (C=O) groups excluding carboxylic acids is 1. The third kappa shape index (κ3) is 3.86. The molecular weight excluding hydrogens is 448 g/mol. The number of primary amides is 1. The van der Waals surface area contributed by atoms with Gasteiger partial charge in [-0.2, -0.15) is 0 Å². The van der Waals surface area contributed by atoms with E-state index in [1.807, 2.05) is 17.5 Å². The molecule has 1 fully saturated rings. The van der Waals surface area contributed by atoms with E-state index in [9.17, 15) is 4.79 Å². The third-order valence-corrected chi connectivity index (χ3v) is 8.43. The number of thiophene rings is 1. The van der Waals surface area contributed by atoms with Gasteiger partial charge in [0.1, 0.15) is 4.83 Å². The molecule has 0 bridgehead atoms. The minimum absolute atomic E-state index is 0.248. The van der Waals surface area contributed by atoms with Crippen molar-refractivity contribution in [2.24, 2.45) is 16.5 Å². The zero-order valence-electron chi connectivity index (χ0n) is 20.0. The number of fused-ring (bicyclic) bond motifs is 2. The minimum Gasteiger partial charge on any atom is -0.489 e. The van der Waals surface area contributed by atoms with Gasteiger partial charge in [-0.25, -0.2) is 9.98 Å². The number of ether oxygens (including phenoxy) is 1. The first-order chi connectivity index (χ1) is 16.4. The van der Waals surface area contributed by atoms with Gasteiger partial charge in [-0.3, -0.25) is 9.69 Å². The smallest absolute Gasteiger partial charge is 0.231 e. The molecule has 0 radical (unpaired) electrons. The number of H-pyrrole nitrogens is 1. The van der Waals surface area contributed by atoms with Crippen LogP contribution in [-0.2, 0) is 11.2 Å². The van der Waals surface area contributed by atoms with Gasteiger partial charge in [-0.1, -0.05) is 13.8 Å². The second-order valence-electron chi connectivity index (χ2n) is 9.56. The number of pyridine rings is 1. The molecule has 2 aliphatic rings. The summed E-state index contributed by atoms with van der Waals surface area (Å²) in [6, 6.07) is 0. The van der Waals surface area contributed by atoms with Crippen LogP contribution in [0.4, 0.5) is 5.82 Å². The van der Waals surface area contributed by atoms with Crippen molar-refractivity contribution >= 4 is 39.6 Å². The number of hydrogen-bond donors (Lipinski definition) is 3. The van der Waals surface area contributed by atoms with Gasteiger partial charge in [0.2, 0.25) is 5.91 Å². The molecule has 0 atom stereocenters. The molecule has 8 nitrogen and oxygen atoms in total. The number of aliphatic imine (C=N–C) groups is 1. The largest absolute Gasteiger partial charge is 0.489 e. The predicted octanol–water partition coefficient (Wildman–Crippen LogP) is 3.94. The molecular formula is C25H32N6O2S. The molecule has 180 valence electrons. The number of nitrogens with one attached hydrogen (secondary N) is 1. The summed E-state index contributed by atoms with van der Waals surface area (Å²) in [4.78, 5) is 28.6. The Morgan fingerprint density at radius 1 is 1.41 bits per heavy atom. The number of aromatic nitrogens is 2. The van der Waals surface area contributed by atoms with Crippen LogP contribution in [0.25, 0.3) is 21.5 Å². The molecule has 3 aromatic rings. The van der Waals surface area contributed by atoms with E-state index in [1.165, 1.54) is 32.6 Å². The molecule has 0 unspecified atom stereocenters. The first-order valence-corrected chi connectivity index (χ1v) is 12.8. The fraction of sp³-hybridized carbons (Fsp3) is 0.480. The lowest BCUT2D eigenvalue weighted by Crippen LogP contribution is -2.39. The summed E-state index contributed by atoms with van der Waals surface area (Å²) in [5, 5.41) is 1.35. The Labute approximate surface area is 203 Å². The van der Waals surface area contributed by atoms with Crippen LogP contribution in [0.1, 0.15) is 60.1 Å². The van der Waals surface area contributed by atoms with Crippen LogP contribution in [-0.4, -0.2) is 53.4 Å². The number of piperidine rings is 1. The zero-order chi connectivity index (χ0) is 24.0. The fourth-order valence-electron chi connectivity index (χ4n) is 5.55. The van der Waals surface area contributed by atoms with E-state index in [-0.39, 0.29) is 5.91 Å².